The number of hydrogen-bond donors (Lipinski definition) is 2. The first-order valence-corrected chi connectivity index (χ1v) is 5.11. The van der Waals surface area contributed by atoms with E-state index < -0.39 is 0 Å². The molecule has 0 unspecified atom stereocenters. The second-order valence-electron chi connectivity index (χ2n) is 2.80. The monoisotopic (exact) mass is 197 g/mol. The minimum absolute atomic E-state index is 1.03. The van der Waals surface area contributed by atoms with E-state index in [1.807, 2.05) is 18.2 Å². The van der Waals surface area contributed by atoms with Crippen LogP contribution in [-0.2, 0) is 0 Å². The summed E-state index contributed by atoms with van der Waals surface area (Å²) in [4.78, 5) is 1.03. The molecule has 0 saturated carbocycles. The van der Waals surface area contributed by atoms with E-state index in [0.717, 1.165) is 18.0 Å². The van der Waals surface area contributed by atoms with E-state index in [1.54, 1.807) is 0 Å². The minimum Gasteiger partial charge on any atom is -0.317 e. The third kappa shape index (κ3) is 7.88. The van der Waals surface area contributed by atoms with Gasteiger partial charge < -0.3 is 5.32 Å². The van der Waals surface area contributed by atoms with Crippen molar-refractivity contribution in [3.63, 3.8) is 0 Å². The highest BCUT2D eigenvalue weighted by Crippen LogP contribution is 2.06. The van der Waals surface area contributed by atoms with Gasteiger partial charge in [-0.05, 0) is 32.1 Å². The summed E-state index contributed by atoms with van der Waals surface area (Å²) in [5.41, 5.74) is 1.26. The number of aryl methyl sites for hydroxylation is 1. The molecule has 1 rings (SSSR count). The van der Waals surface area contributed by atoms with Crippen LogP contribution in [0.2, 0.25) is 0 Å². The van der Waals surface area contributed by atoms with E-state index in [1.165, 1.54) is 5.56 Å². The molecule has 0 heterocycles. The molecular formula is C11H19NS. The van der Waals surface area contributed by atoms with Gasteiger partial charge in [-0.15, -0.1) is 12.6 Å². The van der Waals surface area contributed by atoms with E-state index in [4.69, 9.17) is 0 Å². The highest BCUT2D eigenvalue weighted by atomic mass is 32.1. The standard InChI is InChI=1S/C7H8S.C4H11N/c1-6-3-2-4-7(8)5-6;1-3-5-4-2/h2-5,8H,1H3;5H,3-4H2,1-2H3. The number of rotatable bonds is 2. The zero-order valence-electron chi connectivity index (χ0n) is 8.67. The predicted molar refractivity (Wildman–Crippen MR) is 62.6 cm³/mol. The van der Waals surface area contributed by atoms with E-state index in [0.29, 0.717) is 0 Å². The van der Waals surface area contributed by atoms with Gasteiger partial charge in [-0.1, -0.05) is 31.5 Å². The molecule has 0 fully saturated rings. The zero-order valence-corrected chi connectivity index (χ0v) is 9.57. The number of nitrogens with one attached hydrogen (secondary N) is 1. The third-order valence-corrected chi connectivity index (χ3v) is 1.78. The van der Waals surface area contributed by atoms with Crippen LogP contribution in [0.15, 0.2) is 29.2 Å². The van der Waals surface area contributed by atoms with Crippen LogP contribution in [0.1, 0.15) is 19.4 Å². The van der Waals surface area contributed by atoms with Gasteiger partial charge in [-0.2, -0.15) is 0 Å². The average Bonchev–Trinajstić information content (AvgIpc) is 2.06. The van der Waals surface area contributed by atoms with Crippen molar-refractivity contribution < 1.29 is 0 Å². The Hall–Kier alpha value is -0.470. The lowest BCUT2D eigenvalue weighted by molar-refractivity contribution is 0.762. The summed E-state index contributed by atoms with van der Waals surface area (Å²) in [5.74, 6) is 0. The van der Waals surface area contributed by atoms with Gasteiger partial charge in [0.15, 0.2) is 0 Å². The van der Waals surface area contributed by atoms with Crippen molar-refractivity contribution in [3.05, 3.63) is 29.8 Å². The first kappa shape index (κ1) is 12.5. The Kier molecular flexibility index (Phi) is 7.85. The van der Waals surface area contributed by atoms with Crippen molar-refractivity contribution >= 4 is 12.6 Å². The normalized spacial score (nSPS) is 8.92. The molecule has 1 aromatic rings. The van der Waals surface area contributed by atoms with Gasteiger partial charge in [-0.25, -0.2) is 0 Å². The Morgan fingerprint density at radius 3 is 2.08 bits per heavy atom. The maximum Gasteiger partial charge on any atom is 0.00426 e. The quantitative estimate of drug-likeness (QED) is 0.695. The van der Waals surface area contributed by atoms with Gasteiger partial charge in [0, 0.05) is 4.90 Å². The molecule has 74 valence electrons. The van der Waals surface area contributed by atoms with Crippen LogP contribution in [0.3, 0.4) is 0 Å². The second-order valence-corrected chi connectivity index (χ2v) is 3.31. The Balaban J connectivity index is 0.000000252. The van der Waals surface area contributed by atoms with Crippen molar-refractivity contribution in [2.45, 2.75) is 25.7 Å². The summed E-state index contributed by atoms with van der Waals surface area (Å²) in [6.45, 7) is 8.44. The van der Waals surface area contributed by atoms with Gasteiger partial charge in [-0.3, -0.25) is 0 Å². The van der Waals surface area contributed by atoms with Gasteiger partial charge >= 0.3 is 0 Å². The third-order valence-electron chi connectivity index (χ3n) is 1.50. The molecule has 0 saturated heterocycles. The maximum atomic E-state index is 4.15. The van der Waals surface area contributed by atoms with E-state index in [9.17, 15) is 0 Å². The van der Waals surface area contributed by atoms with Crippen LogP contribution in [-0.4, -0.2) is 13.1 Å². The summed E-state index contributed by atoms with van der Waals surface area (Å²) in [5, 5.41) is 3.11. The van der Waals surface area contributed by atoms with Crippen LogP contribution in [0.5, 0.6) is 0 Å². The molecular weight excluding hydrogens is 178 g/mol. The molecule has 2 heteroatoms. The lowest BCUT2D eigenvalue weighted by Gasteiger charge is -1.89. The number of benzene rings is 1. The van der Waals surface area contributed by atoms with Crippen LogP contribution in [0, 0.1) is 6.92 Å². The Labute approximate surface area is 87.0 Å². The number of hydrogen-bond acceptors (Lipinski definition) is 2. The maximum absolute atomic E-state index is 4.15. The molecule has 0 aliphatic rings. The fourth-order valence-corrected chi connectivity index (χ4v) is 1.17. The zero-order chi connectivity index (χ0) is 10.1. The summed E-state index contributed by atoms with van der Waals surface area (Å²) in [6.07, 6.45) is 0. The minimum atomic E-state index is 1.03. The molecule has 1 nitrogen and oxygen atoms in total. The van der Waals surface area contributed by atoms with Gasteiger partial charge in [0.1, 0.15) is 0 Å². The summed E-state index contributed by atoms with van der Waals surface area (Å²) in [7, 11) is 0. The van der Waals surface area contributed by atoms with Gasteiger partial charge in [0.2, 0.25) is 0 Å². The summed E-state index contributed by atoms with van der Waals surface area (Å²) < 4.78 is 0. The van der Waals surface area contributed by atoms with Crippen LogP contribution in [0.25, 0.3) is 0 Å². The number of thiol groups is 1. The largest absolute Gasteiger partial charge is 0.317 e. The molecule has 0 aromatic heterocycles. The Morgan fingerprint density at radius 2 is 1.85 bits per heavy atom. The highest BCUT2D eigenvalue weighted by Gasteiger charge is 1.81. The van der Waals surface area contributed by atoms with Crippen LogP contribution >= 0.6 is 12.6 Å². The molecule has 0 spiro atoms. The lowest BCUT2D eigenvalue weighted by Crippen LogP contribution is -2.09. The van der Waals surface area contributed by atoms with Crippen molar-refractivity contribution in [3.8, 4) is 0 Å². The van der Waals surface area contributed by atoms with E-state index >= 15 is 0 Å². The van der Waals surface area contributed by atoms with Crippen molar-refractivity contribution in [2.24, 2.45) is 0 Å². The molecule has 0 aliphatic carbocycles. The average molecular weight is 197 g/mol. The van der Waals surface area contributed by atoms with Gasteiger partial charge in [0.05, 0.1) is 0 Å². The van der Waals surface area contributed by atoms with Crippen LogP contribution < -0.4 is 5.32 Å². The second kappa shape index (κ2) is 8.14. The van der Waals surface area contributed by atoms with Crippen molar-refractivity contribution in [1.82, 2.24) is 5.32 Å². The molecule has 0 bridgehead atoms. The molecule has 1 aromatic carbocycles. The fourth-order valence-electron chi connectivity index (χ4n) is 0.878. The van der Waals surface area contributed by atoms with Crippen LogP contribution in [0.4, 0.5) is 0 Å². The first-order valence-electron chi connectivity index (χ1n) is 4.67. The topological polar surface area (TPSA) is 12.0 Å². The molecule has 0 radical (unpaired) electrons. The smallest absolute Gasteiger partial charge is 0.00426 e. The lowest BCUT2D eigenvalue weighted by atomic mass is 10.2. The van der Waals surface area contributed by atoms with Crippen molar-refractivity contribution in [1.29, 1.82) is 0 Å². The molecule has 0 aliphatic heterocycles. The molecule has 0 atom stereocenters. The molecule has 1 N–H and O–H groups in total. The molecule has 13 heavy (non-hydrogen) atoms. The van der Waals surface area contributed by atoms with Gasteiger partial charge in [0.25, 0.3) is 0 Å². The molecule has 0 amide bonds. The van der Waals surface area contributed by atoms with Crippen molar-refractivity contribution in [2.75, 3.05) is 13.1 Å². The first-order chi connectivity index (χ1) is 6.20. The Morgan fingerprint density at radius 1 is 1.23 bits per heavy atom. The highest BCUT2D eigenvalue weighted by molar-refractivity contribution is 7.80. The van der Waals surface area contributed by atoms with E-state index in [-0.39, 0.29) is 0 Å². The summed E-state index contributed by atoms with van der Waals surface area (Å²) >= 11 is 4.15. The predicted octanol–water partition coefficient (Wildman–Crippen LogP) is 2.90. The SMILES string of the molecule is CCNCC.Cc1cccc(S)c1. The summed E-state index contributed by atoms with van der Waals surface area (Å²) in [6, 6.07) is 8.05. The fraction of sp³-hybridized carbons (Fsp3) is 0.455. The van der Waals surface area contributed by atoms with E-state index in [2.05, 4.69) is 44.8 Å². The Bertz CT molecular complexity index is 204.